The van der Waals surface area contributed by atoms with Crippen LogP contribution in [0, 0.1) is 11.7 Å². The Morgan fingerprint density at radius 3 is 2.71 bits per heavy atom. The quantitative estimate of drug-likeness (QED) is 0.642. The fourth-order valence-corrected chi connectivity index (χ4v) is 3.36. The summed E-state index contributed by atoms with van der Waals surface area (Å²) in [6.07, 6.45) is 0. The largest absolute Gasteiger partial charge is 0.329 e. The number of nitrogens with one attached hydrogen (secondary N) is 1. The van der Waals surface area contributed by atoms with Crippen LogP contribution in [-0.4, -0.2) is 14.5 Å². The molecule has 0 aliphatic rings. The van der Waals surface area contributed by atoms with Gasteiger partial charge in [0, 0.05) is 15.7 Å². The van der Waals surface area contributed by atoms with Gasteiger partial charge in [-0.15, -0.1) is 0 Å². The molecule has 1 unspecified atom stereocenters. The van der Waals surface area contributed by atoms with Crippen LogP contribution >= 0.6 is 35.4 Å². The number of hydrogen-bond acceptors (Lipinski definition) is 2. The molecule has 0 spiro atoms. The van der Waals surface area contributed by atoms with Gasteiger partial charge in [0.15, 0.2) is 10.4 Å². The van der Waals surface area contributed by atoms with E-state index < -0.39 is 0 Å². The van der Waals surface area contributed by atoms with E-state index in [9.17, 15) is 0 Å². The van der Waals surface area contributed by atoms with Crippen LogP contribution in [-0.2, 0) is 0 Å². The molecule has 3 aromatic rings. The molecule has 2 aromatic heterocycles. The molecule has 0 bridgehead atoms. The van der Waals surface area contributed by atoms with Gasteiger partial charge in [-0.05, 0) is 55.9 Å². The molecule has 108 valence electrons. The average Bonchev–Trinajstić information content (AvgIpc) is 2.73. The van der Waals surface area contributed by atoms with Crippen molar-refractivity contribution in [2.75, 3.05) is 0 Å². The molecule has 0 saturated heterocycles. The molecule has 0 fully saturated rings. The van der Waals surface area contributed by atoms with Gasteiger partial charge in [-0.3, -0.25) is 4.57 Å². The van der Waals surface area contributed by atoms with Crippen LogP contribution < -0.4 is 0 Å². The lowest BCUT2D eigenvalue weighted by atomic mass is 10.1. The van der Waals surface area contributed by atoms with Gasteiger partial charge < -0.3 is 4.98 Å². The minimum Gasteiger partial charge on any atom is -0.329 e. The van der Waals surface area contributed by atoms with Crippen LogP contribution in [0.5, 0.6) is 0 Å². The standard InChI is InChI=1S/C15H13Cl2N3S/c1-8-3-6-13-14(18-8)20(15(21)19-13)9(2)11-5-4-10(16)7-12(11)17/h3-7,9H,1-2H3,(H,19,21). The topological polar surface area (TPSA) is 33.6 Å². The van der Waals surface area contributed by atoms with Crippen LogP contribution in [0.3, 0.4) is 0 Å². The summed E-state index contributed by atoms with van der Waals surface area (Å²) in [6, 6.07) is 9.40. The maximum atomic E-state index is 6.31. The molecule has 0 aliphatic heterocycles. The molecule has 3 rings (SSSR count). The van der Waals surface area contributed by atoms with E-state index in [-0.39, 0.29) is 6.04 Å². The Hall–Kier alpha value is -1.36. The fourth-order valence-electron chi connectivity index (χ4n) is 2.43. The van der Waals surface area contributed by atoms with E-state index in [4.69, 9.17) is 35.4 Å². The van der Waals surface area contributed by atoms with Crippen LogP contribution in [0.25, 0.3) is 11.2 Å². The van der Waals surface area contributed by atoms with Crippen LogP contribution in [0.2, 0.25) is 10.0 Å². The number of hydrogen-bond donors (Lipinski definition) is 1. The molecule has 3 nitrogen and oxygen atoms in total. The molecule has 1 N–H and O–H groups in total. The van der Waals surface area contributed by atoms with Crippen molar-refractivity contribution in [1.82, 2.24) is 14.5 Å². The predicted octanol–water partition coefficient (Wildman–Crippen LogP) is 5.32. The average molecular weight is 338 g/mol. The highest BCUT2D eigenvalue weighted by molar-refractivity contribution is 7.71. The van der Waals surface area contributed by atoms with Crippen molar-refractivity contribution >= 4 is 46.6 Å². The van der Waals surface area contributed by atoms with Crippen LogP contribution in [0.15, 0.2) is 30.3 Å². The molecular weight excluding hydrogens is 325 g/mol. The van der Waals surface area contributed by atoms with E-state index in [1.54, 1.807) is 6.07 Å². The number of benzene rings is 1. The third-order valence-electron chi connectivity index (χ3n) is 3.50. The van der Waals surface area contributed by atoms with Crippen molar-refractivity contribution in [3.05, 3.63) is 56.4 Å². The monoisotopic (exact) mass is 337 g/mol. The van der Waals surface area contributed by atoms with Crippen molar-refractivity contribution in [2.45, 2.75) is 19.9 Å². The van der Waals surface area contributed by atoms with Gasteiger partial charge >= 0.3 is 0 Å². The zero-order valence-corrected chi connectivity index (χ0v) is 13.9. The highest BCUT2D eigenvalue weighted by atomic mass is 35.5. The summed E-state index contributed by atoms with van der Waals surface area (Å²) in [4.78, 5) is 7.77. The lowest BCUT2D eigenvalue weighted by molar-refractivity contribution is 0.644. The van der Waals surface area contributed by atoms with Crippen molar-refractivity contribution in [2.24, 2.45) is 0 Å². The number of aromatic amines is 1. The molecule has 1 aromatic carbocycles. The summed E-state index contributed by atoms with van der Waals surface area (Å²) in [7, 11) is 0. The number of aromatic nitrogens is 3. The number of fused-ring (bicyclic) bond motifs is 1. The molecule has 0 saturated carbocycles. The number of pyridine rings is 1. The maximum absolute atomic E-state index is 6.31. The lowest BCUT2D eigenvalue weighted by Crippen LogP contribution is -2.08. The van der Waals surface area contributed by atoms with Gasteiger partial charge in [-0.1, -0.05) is 29.3 Å². The number of nitrogens with zero attached hydrogens (tertiary/aromatic N) is 2. The second kappa shape index (κ2) is 5.44. The summed E-state index contributed by atoms with van der Waals surface area (Å²) in [6.45, 7) is 4.00. The Morgan fingerprint density at radius 2 is 2.00 bits per heavy atom. The van der Waals surface area contributed by atoms with Gasteiger partial charge in [0.05, 0.1) is 11.6 Å². The molecular formula is C15H13Cl2N3S. The smallest absolute Gasteiger partial charge is 0.179 e. The third kappa shape index (κ3) is 2.59. The minimum absolute atomic E-state index is 0.0367. The minimum atomic E-state index is -0.0367. The van der Waals surface area contributed by atoms with E-state index in [0.717, 1.165) is 22.4 Å². The molecule has 1 atom stereocenters. The van der Waals surface area contributed by atoms with E-state index >= 15 is 0 Å². The maximum Gasteiger partial charge on any atom is 0.179 e. The first-order chi connectivity index (χ1) is 9.97. The normalized spacial score (nSPS) is 12.8. The fraction of sp³-hybridized carbons (Fsp3) is 0.200. The van der Waals surface area contributed by atoms with Crippen molar-refractivity contribution in [3.8, 4) is 0 Å². The second-order valence-electron chi connectivity index (χ2n) is 4.97. The van der Waals surface area contributed by atoms with Gasteiger partial charge in [0.25, 0.3) is 0 Å². The second-order valence-corrected chi connectivity index (χ2v) is 6.20. The number of imidazole rings is 1. The zero-order valence-electron chi connectivity index (χ0n) is 11.5. The number of halogens is 2. The van der Waals surface area contributed by atoms with Gasteiger partial charge in [0.2, 0.25) is 0 Å². The van der Waals surface area contributed by atoms with E-state index in [0.29, 0.717) is 14.8 Å². The highest BCUT2D eigenvalue weighted by Gasteiger charge is 2.16. The molecule has 21 heavy (non-hydrogen) atoms. The number of aryl methyl sites for hydroxylation is 1. The zero-order chi connectivity index (χ0) is 15.1. The summed E-state index contributed by atoms with van der Waals surface area (Å²) in [5, 5.41) is 1.24. The Morgan fingerprint density at radius 1 is 1.24 bits per heavy atom. The molecule has 0 aliphatic carbocycles. The number of rotatable bonds is 2. The Labute approximate surface area is 137 Å². The van der Waals surface area contributed by atoms with E-state index in [1.807, 2.05) is 42.7 Å². The predicted molar refractivity (Wildman–Crippen MR) is 89.9 cm³/mol. The molecule has 0 radical (unpaired) electrons. The Kier molecular flexibility index (Phi) is 3.78. The summed E-state index contributed by atoms with van der Waals surface area (Å²) < 4.78 is 2.61. The number of H-pyrrole nitrogens is 1. The van der Waals surface area contributed by atoms with Crippen molar-refractivity contribution in [1.29, 1.82) is 0 Å². The van der Waals surface area contributed by atoms with E-state index in [1.165, 1.54) is 0 Å². The summed E-state index contributed by atoms with van der Waals surface area (Å²) >= 11 is 17.7. The first kappa shape index (κ1) is 14.6. The highest BCUT2D eigenvalue weighted by Crippen LogP contribution is 2.30. The summed E-state index contributed by atoms with van der Waals surface area (Å²) in [5.74, 6) is 0. The van der Waals surface area contributed by atoms with Gasteiger partial charge in [0.1, 0.15) is 0 Å². The van der Waals surface area contributed by atoms with Gasteiger partial charge in [-0.25, -0.2) is 4.98 Å². The first-order valence-corrected chi connectivity index (χ1v) is 7.66. The summed E-state index contributed by atoms with van der Waals surface area (Å²) in [5.41, 5.74) is 3.65. The van der Waals surface area contributed by atoms with Crippen LogP contribution in [0.1, 0.15) is 24.2 Å². The third-order valence-corrected chi connectivity index (χ3v) is 4.36. The van der Waals surface area contributed by atoms with Crippen molar-refractivity contribution < 1.29 is 0 Å². The Bertz CT molecular complexity index is 882. The Balaban J connectivity index is 2.21. The molecule has 6 heteroatoms. The molecule has 0 amide bonds. The first-order valence-electron chi connectivity index (χ1n) is 6.50. The van der Waals surface area contributed by atoms with Crippen LogP contribution in [0.4, 0.5) is 0 Å². The van der Waals surface area contributed by atoms with Crippen molar-refractivity contribution in [3.63, 3.8) is 0 Å². The lowest BCUT2D eigenvalue weighted by Gasteiger charge is -2.16. The van der Waals surface area contributed by atoms with Gasteiger partial charge in [-0.2, -0.15) is 0 Å². The van der Waals surface area contributed by atoms with E-state index in [2.05, 4.69) is 9.97 Å². The molecule has 2 heterocycles. The SMILES string of the molecule is Cc1ccc2[nH]c(=S)n(C(C)c3ccc(Cl)cc3Cl)c2n1.